The van der Waals surface area contributed by atoms with E-state index in [4.69, 9.17) is 5.73 Å². The Labute approximate surface area is 102 Å². The fourth-order valence-corrected chi connectivity index (χ4v) is 3.19. The van der Waals surface area contributed by atoms with E-state index < -0.39 is 0 Å². The standard InChI is InChI=1S/C15H20N2/c1-10-5-3-8-12-14(11-6-4-7-11)13(9-16)17(2)15(10)12/h3,5,8,11H,4,6-7,9,16H2,1-2H3. The van der Waals surface area contributed by atoms with Gasteiger partial charge < -0.3 is 10.3 Å². The molecular formula is C15H20N2. The van der Waals surface area contributed by atoms with Gasteiger partial charge in [0.1, 0.15) is 0 Å². The molecule has 1 fully saturated rings. The SMILES string of the molecule is Cc1cccc2c(C3CCC3)c(CN)n(C)c12. The van der Waals surface area contributed by atoms with Crippen LogP contribution in [0, 0.1) is 6.92 Å². The van der Waals surface area contributed by atoms with Crippen molar-refractivity contribution in [1.29, 1.82) is 0 Å². The van der Waals surface area contributed by atoms with Crippen molar-refractivity contribution in [2.75, 3.05) is 0 Å². The summed E-state index contributed by atoms with van der Waals surface area (Å²) >= 11 is 0. The van der Waals surface area contributed by atoms with E-state index in [1.54, 1.807) is 0 Å². The largest absolute Gasteiger partial charge is 0.346 e. The van der Waals surface area contributed by atoms with E-state index >= 15 is 0 Å². The first kappa shape index (κ1) is 10.8. The van der Waals surface area contributed by atoms with Gasteiger partial charge in [0.25, 0.3) is 0 Å². The van der Waals surface area contributed by atoms with E-state index in [0.29, 0.717) is 6.54 Å². The summed E-state index contributed by atoms with van der Waals surface area (Å²) in [4.78, 5) is 0. The molecule has 1 aliphatic carbocycles. The lowest BCUT2D eigenvalue weighted by Crippen LogP contribution is -2.13. The molecule has 3 rings (SSSR count). The predicted octanol–water partition coefficient (Wildman–Crippen LogP) is 3.21. The van der Waals surface area contributed by atoms with Crippen molar-refractivity contribution in [2.45, 2.75) is 38.6 Å². The van der Waals surface area contributed by atoms with Gasteiger partial charge in [-0.05, 0) is 36.8 Å². The number of aromatic nitrogens is 1. The average molecular weight is 228 g/mol. The molecular weight excluding hydrogens is 208 g/mol. The van der Waals surface area contributed by atoms with E-state index in [1.807, 2.05) is 0 Å². The Kier molecular flexibility index (Phi) is 2.48. The molecule has 2 heteroatoms. The van der Waals surface area contributed by atoms with Crippen molar-refractivity contribution in [3.63, 3.8) is 0 Å². The van der Waals surface area contributed by atoms with Crippen molar-refractivity contribution in [3.8, 4) is 0 Å². The summed E-state index contributed by atoms with van der Waals surface area (Å²) in [7, 11) is 2.15. The Morgan fingerprint density at radius 2 is 2.12 bits per heavy atom. The van der Waals surface area contributed by atoms with Crippen LogP contribution in [0.1, 0.15) is 42.0 Å². The van der Waals surface area contributed by atoms with Gasteiger partial charge in [-0.2, -0.15) is 0 Å². The molecule has 2 aromatic rings. The molecule has 1 aliphatic rings. The average Bonchev–Trinajstić information content (AvgIpc) is 2.51. The van der Waals surface area contributed by atoms with Crippen LogP contribution < -0.4 is 5.73 Å². The smallest absolute Gasteiger partial charge is 0.0512 e. The molecule has 2 nitrogen and oxygen atoms in total. The van der Waals surface area contributed by atoms with Crippen LogP contribution in [0.3, 0.4) is 0 Å². The van der Waals surface area contributed by atoms with Crippen LogP contribution in [0.15, 0.2) is 18.2 Å². The molecule has 0 unspecified atom stereocenters. The summed E-state index contributed by atoms with van der Waals surface area (Å²) in [6.45, 7) is 2.84. The fourth-order valence-electron chi connectivity index (χ4n) is 3.19. The number of nitrogens with two attached hydrogens (primary N) is 1. The first-order valence-electron chi connectivity index (χ1n) is 6.51. The van der Waals surface area contributed by atoms with Crippen LogP contribution in [0.5, 0.6) is 0 Å². The van der Waals surface area contributed by atoms with E-state index in [2.05, 4.69) is 36.7 Å². The zero-order chi connectivity index (χ0) is 12.0. The molecule has 17 heavy (non-hydrogen) atoms. The number of para-hydroxylation sites is 1. The highest BCUT2D eigenvalue weighted by atomic mass is 15.0. The van der Waals surface area contributed by atoms with Gasteiger partial charge >= 0.3 is 0 Å². The van der Waals surface area contributed by atoms with Crippen molar-refractivity contribution in [3.05, 3.63) is 35.0 Å². The number of fused-ring (bicyclic) bond motifs is 1. The lowest BCUT2D eigenvalue weighted by Gasteiger charge is -2.26. The van der Waals surface area contributed by atoms with Crippen LogP contribution in [-0.2, 0) is 13.6 Å². The quantitative estimate of drug-likeness (QED) is 0.840. The number of benzene rings is 1. The minimum atomic E-state index is 0.649. The van der Waals surface area contributed by atoms with Gasteiger partial charge in [0.15, 0.2) is 0 Å². The highest BCUT2D eigenvalue weighted by molar-refractivity contribution is 5.88. The van der Waals surface area contributed by atoms with Crippen molar-refractivity contribution in [1.82, 2.24) is 4.57 Å². The summed E-state index contributed by atoms with van der Waals surface area (Å²) in [6.07, 6.45) is 4.04. The van der Waals surface area contributed by atoms with Crippen molar-refractivity contribution < 1.29 is 0 Å². The van der Waals surface area contributed by atoms with Gasteiger partial charge in [-0.3, -0.25) is 0 Å². The van der Waals surface area contributed by atoms with Crippen LogP contribution in [0.2, 0.25) is 0 Å². The van der Waals surface area contributed by atoms with Gasteiger partial charge in [-0.25, -0.2) is 0 Å². The summed E-state index contributed by atoms with van der Waals surface area (Å²) in [5, 5.41) is 1.43. The molecule has 0 amide bonds. The molecule has 0 aliphatic heterocycles. The van der Waals surface area contributed by atoms with Crippen LogP contribution in [0.25, 0.3) is 10.9 Å². The fraction of sp³-hybridized carbons (Fsp3) is 0.467. The summed E-state index contributed by atoms with van der Waals surface area (Å²) in [5.41, 5.74) is 11.5. The maximum Gasteiger partial charge on any atom is 0.0512 e. The molecule has 1 saturated carbocycles. The van der Waals surface area contributed by atoms with Gasteiger partial charge in [-0.1, -0.05) is 24.6 Å². The molecule has 2 N–H and O–H groups in total. The number of aryl methyl sites for hydroxylation is 2. The predicted molar refractivity (Wildman–Crippen MR) is 72.1 cm³/mol. The third-order valence-electron chi connectivity index (χ3n) is 4.29. The van der Waals surface area contributed by atoms with E-state index in [1.165, 1.54) is 47.0 Å². The number of nitrogens with zero attached hydrogens (tertiary/aromatic N) is 1. The maximum atomic E-state index is 5.96. The third-order valence-corrected chi connectivity index (χ3v) is 4.29. The van der Waals surface area contributed by atoms with Crippen molar-refractivity contribution in [2.24, 2.45) is 12.8 Å². The Morgan fingerprint density at radius 1 is 1.35 bits per heavy atom. The van der Waals surface area contributed by atoms with E-state index in [-0.39, 0.29) is 0 Å². The second kappa shape index (κ2) is 3.88. The highest BCUT2D eigenvalue weighted by Gasteiger charge is 2.26. The number of hydrogen-bond acceptors (Lipinski definition) is 1. The van der Waals surface area contributed by atoms with Crippen molar-refractivity contribution >= 4 is 10.9 Å². The van der Waals surface area contributed by atoms with E-state index in [0.717, 1.165) is 5.92 Å². The van der Waals surface area contributed by atoms with Gasteiger partial charge in [0, 0.05) is 24.7 Å². The van der Waals surface area contributed by atoms with E-state index in [9.17, 15) is 0 Å². The first-order chi connectivity index (χ1) is 8.24. The lowest BCUT2D eigenvalue weighted by atomic mass is 9.78. The summed E-state index contributed by atoms with van der Waals surface area (Å²) in [5.74, 6) is 0.749. The molecule has 0 spiro atoms. The molecule has 0 bridgehead atoms. The van der Waals surface area contributed by atoms with Gasteiger partial charge in [-0.15, -0.1) is 0 Å². The first-order valence-corrected chi connectivity index (χ1v) is 6.51. The maximum absolute atomic E-state index is 5.96. The van der Waals surface area contributed by atoms with Gasteiger partial charge in [0.2, 0.25) is 0 Å². The molecule has 0 saturated heterocycles. The summed E-state index contributed by atoms with van der Waals surface area (Å²) < 4.78 is 2.30. The zero-order valence-electron chi connectivity index (χ0n) is 10.7. The Balaban J connectivity index is 2.34. The molecule has 1 heterocycles. The normalized spacial score (nSPS) is 16.4. The van der Waals surface area contributed by atoms with Crippen LogP contribution in [0.4, 0.5) is 0 Å². The second-order valence-electron chi connectivity index (χ2n) is 5.22. The minimum absolute atomic E-state index is 0.649. The summed E-state index contributed by atoms with van der Waals surface area (Å²) in [6, 6.07) is 6.61. The lowest BCUT2D eigenvalue weighted by molar-refractivity contribution is 0.418. The Bertz CT molecular complexity index is 562. The molecule has 0 radical (unpaired) electrons. The topological polar surface area (TPSA) is 30.9 Å². The molecule has 90 valence electrons. The number of rotatable bonds is 2. The monoisotopic (exact) mass is 228 g/mol. The Hall–Kier alpha value is -1.28. The second-order valence-corrected chi connectivity index (χ2v) is 5.22. The molecule has 0 atom stereocenters. The van der Waals surface area contributed by atoms with Gasteiger partial charge in [0.05, 0.1) is 5.52 Å². The zero-order valence-corrected chi connectivity index (χ0v) is 10.7. The number of hydrogen-bond donors (Lipinski definition) is 1. The molecule has 1 aromatic carbocycles. The molecule has 1 aromatic heterocycles. The van der Waals surface area contributed by atoms with Crippen LogP contribution in [-0.4, -0.2) is 4.57 Å². The highest BCUT2D eigenvalue weighted by Crippen LogP contribution is 2.43. The Morgan fingerprint density at radius 3 is 2.71 bits per heavy atom. The minimum Gasteiger partial charge on any atom is -0.346 e. The van der Waals surface area contributed by atoms with Crippen LogP contribution >= 0.6 is 0 Å². The third kappa shape index (κ3) is 1.44.